The maximum absolute atomic E-state index is 4.92. The summed E-state index contributed by atoms with van der Waals surface area (Å²) in [6.45, 7) is 2.73. The predicted octanol–water partition coefficient (Wildman–Crippen LogP) is 9.96. The minimum atomic E-state index is 0.523. The van der Waals surface area contributed by atoms with Crippen LogP contribution < -0.4 is 0 Å². The standard InChI is InChI=1S/C42H39N3/c1-42-36-21-25-20-33-34(36)23-32(24-35(33)37(42)22-25)38(42)28-16-12-26(13-17-28)27-14-18-31(19-15-27)41-44-39(29-8-4-2-5-9-29)43-40(45-41)30-10-6-3-7-11-30/h2-19,25,32-38H,20-24H2,1H3. The molecule has 0 radical (unpaired) electrons. The summed E-state index contributed by atoms with van der Waals surface area (Å²) >= 11 is 0. The molecule has 0 spiro atoms. The van der Waals surface area contributed by atoms with Crippen LogP contribution in [0.3, 0.4) is 0 Å². The van der Waals surface area contributed by atoms with E-state index in [1.165, 1.54) is 36.8 Å². The Morgan fingerprint density at radius 3 is 1.42 bits per heavy atom. The van der Waals surface area contributed by atoms with Crippen molar-refractivity contribution < 1.29 is 0 Å². The zero-order valence-electron chi connectivity index (χ0n) is 25.9. The van der Waals surface area contributed by atoms with Crippen molar-refractivity contribution in [1.82, 2.24) is 15.0 Å². The Kier molecular flexibility index (Phi) is 5.63. The van der Waals surface area contributed by atoms with Crippen molar-refractivity contribution in [2.75, 3.05) is 0 Å². The second-order valence-corrected chi connectivity index (χ2v) is 15.1. The van der Waals surface area contributed by atoms with E-state index in [0.717, 1.165) is 64.0 Å². The lowest BCUT2D eigenvalue weighted by molar-refractivity contribution is -0.260. The Bertz CT molecular complexity index is 1800. The van der Waals surface area contributed by atoms with Gasteiger partial charge in [0.15, 0.2) is 17.5 Å². The average molecular weight is 586 g/mol. The van der Waals surface area contributed by atoms with Crippen molar-refractivity contribution in [3.8, 4) is 45.3 Å². The molecule has 222 valence electrons. The molecule has 1 aromatic heterocycles. The van der Waals surface area contributed by atoms with Gasteiger partial charge in [-0.15, -0.1) is 0 Å². The van der Waals surface area contributed by atoms with Crippen LogP contribution in [0.5, 0.6) is 0 Å². The molecule has 7 saturated carbocycles. The first-order valence-corrected chi connectivity index (χ1v) is 17.2. The van der Waals surface area contributed by atoms with Crippen LogP contribution in [0, 0.1) is 46.8 Å². The number of rotatable bonds is 5. The van der Waals surface area contributed by atoms with Gasteiger partial charge in [-0.3, -0.25) is 0 Å². The van der Waals surface area contributed by atoms with Crippen LogP contribution in [0.15, 0.2) is 109 Å². The second kappa shape index (κ2) is 9.69. The van der Waals surface area contributed by atoms with Gasteiger partial charge < -0.3 is 0 Å². The van der Waals surface area contributed by atoms with Gasteiger partial charge in [-0.2, -0.15) is 0 Å². The van der Waals surface area contributed by atoms with E-state index in [-0.39, 0.29) is 0 Å². The Labute approximate surface area is 266 Å². The van der Waals surface area contributed by atoms with Gasteiger partial charge in [0.05, 0.1) is 0 Å². The van der Waals surface area contributed by atoms with Gasteiger partial charge in [-0.1, -0.05) is 116 Å². The molecule has 7 aliphatic carbocycles. The maximum atomic E-state index is 4.92. The highest BCUT2D eigenvalue weighted by molar-refractivity contribution is 5.70. The molecule has 8 bridgehead atoms. The van der Waals surface area contributed by atoms with Gasteiger partial charge in [0, 0.05) is 16.7 Å². The molecule has 0 N–H and O–H groups in total. The van der Waals surface area contributed by atoms with Crippen molar-refractivity contribution in [3.05, 3.63) is 115 Å². The molecule has 12 rings (SSSR count). The van der Waals surface area contributed by atoms with E-state index in [4.69, 9.17) is 15.0 Å². The summed E-state index contributed by atoms with van der Waals surface area (Å²) in [7, 11) is 0. The van der Waals surface area contributed by atoms with Crippen molar-refractivity contribution in [2.45, 2.75) is 44.9 Å². The molecule has 0 aliphatic heterocycles. The lowest BCUT2D eigenvalue weighted by Gasteiger charge is -2.76. The summed E-state index contributed by atoms with van der Waals surface area (Å²) < 4.78 is 0. The minimum absolute atomic E-state index is 0.523. The number of benzene rings is 4. The highest BCUT2D eigenvalue weighted by Gasteiger charge is 2.71. The summed E-state index contributed by atoms with van der Waals surface area (Å²) in [4.78, 5) is 14.7. The van der Waals surface area contributed by atoms with E-state index in [1.807, 2.05) is 36.4 Å². The molecule has 1 heterocycles. The molecule has 0 amide bonds. The monoisotopic (exact) mass is 585 g/mol. The van der Waals surface area contributed by atoms with Crippen LogP contribution >= 0.6 is 0 Å². The molecule has 45 heavy (non-hydrogen) atoms. The van der Waals surface area contributed by atoms with E-state index < -0.39 is 0 Å². The molecule has 3 nitrogen and oxygen atoms in total. The van der Waals surface area contributed by atoms with Crippen LogP contribution in [0.1, 0.15) is 50.5 Å². The van der Waals surface area contributed by atoms with Gasteiger partial charge in [0.2, 0.25) is 0 Å². The fourth-order valence-corrected chi connectivity index (χ4v) is 11.7. The Hall–Kier alpha value is -4.11. The lowest BCUT2D eigenvalue weighted by atomic mass is 9.28. The third-order valence-electron chi connectivity index (χ3n) is 13.2. The summed E-state index contributed by atoms with van der Waals surface area (Å²) in [5.41, 5.74) is 7.63. The van der Waals surface area contributed by atoms with E-state index in [0.29, 0.717) is 22.9 Å². The van der Waals surface area contributed by atoms with Gasteiger partial charge in [-0.05, 0) is 102 Å². The third kappa shape index (κ3) is 3.85. The van der Waals surface area contributed by atoms with Crippen LogP contribution in [0.4, 0.5) is 0 Å². The van der Waals surface area contributed by atoms with Crippen LogP contribution in [0.2, 0.25) is 0 Å². The van der Waals surface area contributed by atoms with Crippen molar-refractivity contribution in [1.29, 1.82) is 0 Å². The zero-order chi connectivity index (χ0) is 29.7. The van der Waals surface area contributed by atoms with E-state index >= 15 is 0 Å². The molecule has 4 aromatic carbocycles. The molecule has 5 unspecified atom stereocenters. The zero-order valence-corrected chi connectivity index (χ0v) is 25.9. The summed E-state index contributed by atoms with van der Waals surface area (Å²) in [6, 6.07) is 38.9. The largest absolute Gasteiger partial charge is 0.208 e. The second-order valence-electron chi connectivity index (χ2n) is 15.1. The number of nitrogens with zero attached hydrogens (tertiary/aromatic N) is 3. The van der Waals surface area contributed by atoms with Gasteiger partial charge >= 0.3 is 0 Å². The van der Waals surface area contributed by atoms with Crippen molar-refractivity contribution in [3.63, 3.8) is 0 Å². The smallest absolute Gasteiger partial charge is 0.164 e. The molecule has 3 heteroatoms. The lowest BCUT2D eigenvalue weighted by Crippen LogP contribution is -2.69. The quantitative estimate of drug-likeness (QED) is 0.206. The first-order valence-electron chi connectivity index (χ1n) is 17.2. The first-order chi connectivity index (χ1) is 22.1. The summed E-state index contributed by atoms with van der Waals surface area (Å²) in [5.74, 6) is 9.88. The molecule has 0 saturated heterocycles. The maximum Gasteiger partial charge on any atom is 0.164 e. The van der Waals surface area contributed by atoms with Gasteiger partial charge in [-0.25, -0.2) is 15.0 Å². The SMILES string of the molecule is CC12C3CC4CC5C3CC(CC5C1C4)C2c1ccc(-c2ccc(-c3nc(-c4ccccc4)nc(-c4ccccc4)n3)cc2)cc1. The normalized spacial score (nSPS) is 33.5. The van der Waals surface area contributed by atoms with Crippen molar-refractivity contribution >= 4 is 0 Å². The predicted molar refractivity (Wildman–Crippen MR) is 180 cm³/mol. The molecule has 5 atom stereocenters. The summed E-state index contributed by atoms with van der Waals surface area (Å²) in [5, 5.41) is 0. The molecular weight excluding hydrogens is 546 g/mol. The van der Waals surface area contributed by atoms with Crippen LogP contribution in [0.25, 0.3) is 45.3 Å². The van der Waals surface area contributed by atoms with E-state index in [9.17, 15) is 0 Å². The third-order valence-corrected chi connectivity index (χ3v) is 13.2. The van der Waals surface area contributed by atoms with Crippen LogP contribution in [-0.2, 0) is 0 Å². The fraction of sp³-hybridized carbons (Fsp3) is 0.357. The minimum Gasteiger partial charge on any atom is -0.208 e. The highest BCUT2D eigenvalue weighted by Crippen LogP contribution is 2.79. The molecule has 5 aromatic rings. The van der Waals surface area contributed by atoms with E-state index in [2.05, 4.69) is 79.7 Å². The number of hydrogen-bond acceptors (Lipinski definition) is 3. The first kappa shape index (κ1) is 26.1. The molecule has 7 aliphatic rings. The Balaban J connectivity index is 0.955. The average Bonchev–Trinajstić information content (AvgIpc) is 3.11. The number of aromatic nitrogens is 3. The Morgan fingerprint density at radius 1 is 0.467 bits per heavy atom. The van der Waals surface area contributed by atoms with Crippen molar-refractivity contribution in [2.24, 2.45) is 46.8 Å². The fourth-order valence-electron chi connectivity index (χ4n) is 11.7. The topological polar surface area (TPSA) is 38.7 Å². The molecule has 7 fully saturated rings. The molecular formula is C42H39N3. The summed E-state index contributed by atoms with van der Waals surface area (Å²) in [6.07, 6.45) is 7.62. The number of hydrogen-bond donors (Lipinski definition) is 0. The highest BCUT2D eigenvalue weighted by atomic mass is 15.0. The van der Waals surface area contributed by atoms with Gasteiger partial charge in [0.25, 0.3) is 0 Å². The van der Waals surface area contributed by atoms with Gasteiger partial charge in [0.1, 0.15) is 0 Å². The Morgan fingerprint density at radius 2 is 0.911 bits per heavy atom. The van der Waals surface area contributed by atoms with Crippen LogP contribution in [-0.4, -0.2) is 15.0 Å². The van der Waals surface area contributed by atoms with E-state index in [1.54, 1.807) is 12.0 Å².